The summed E-state index contributed by atoms with van der Waals surface area (Å²) in [7, 11) is 0. The molecule has 4 aliphatic rings. The molecule has 4 heterocycles. The van der Waals surface area contributed by atoms with E-state index < -0.39 is 5.41 Å². The molecule has 8 heteroatoms. The first kappa shape index (κ1) is 25.5. The molecule has 1 spiro atoms. The van der Waals surface area contributed by atoms with Crippen molar-refractivity contribution in [1.82, 2.24) is 14.7 Å². The second kappa shape index (κ2) is 10.2. The number of carbonyl (C=O) groups excluding carboxylic acids is 2. The van der Waals surface area contributed by atoms with Crippen molar-refractivity contribution in [3.05, 3.63) is 76.2 Å². The van der Waals surface area contributed by atoms with Crippen molar-refractivity contribution < 1.29 is 9.59 Å². The van der Waals surface area contributed by atoms with Crippen LogP contribution >= 0.6 is 11.3 Å². The van der Waals surface area contributed by atoms with Crippen molar-refractivity contribution in [2.75, 3.05) is 44.6 Å². The number of aryl methyl sites for hydroxylation is 2. The van der Waals surface area contributed by atoms with Crippen molar-refractivity contribution >= 4 is 45.4 Å². The fourth-order valence-electron chi connectivity index (χ4n) is 6.84. The number of hydrogen-bond acceptors (Lipinski definition) is 7. The van der Waals surface area contributed by atoms with Crippen molar-refractivity contribution in [2.24, 2.45) is 10.4 Å². The summed E-state index contributed by atoms with van der Waals surface area (Å²) in [4.78, 5) is 39.3. The number of hydrogen-bond donors (Lipinski definition) is 1. The van der Waals surface area contributed by atoms with Crippen LogP contribution in [0.15, 0.2) is 59.6 Å². The van der Waals surface area contributed by atoms with Gasteiger partial charge in [0.15, 0.2) is 0 Å². The van der Waals surface area contributed by atoms with Gasteiger partial charge in [-0.2, -0.15) is 0 Å². The molecule has 3 aliphatic heterocycles. The molecule has 7 rings (SSSR count). The van der Waals surface area contributed by atoms with Gasteiger partial charge in [-0.1, -0.05) is 36.4 Å². The lowest BCUT2D eigenvalue weighted by molar-refractivity contribution is -0.141. The number of anilines is 2. The van der Waals surface area contributed by atoms with Crippen LogP contribution in [-0.4, -0.2) is 71.6 Å². The Morgan fingerprint density at radius 1 is 0.950 bits per heavy atom. The number of para-hydroxylation sites is 2. The number of rotatable bonds is 4. The van der Waals surface area contributed by atoms with Crippen LogP contribution in [-0.2, 0) is 22.4 Å². The number of amides is 2. The number of likely N-dealkylation sites (tertiary alicyclic amines) is 1. The number of thiophene rings is 1. The fraction of sp³-hybridized carbons (Fsp3) is 0.406. The number of aliphatic imine (C=N–C) groups is 1. The number of fused-ring (bicyclic) bond motifs is 3. The van der Waals surface area contributed by atoms with E-state index in [0.717, 1.165) is 74.2 Å². The third kappa shape index (κ3) is 4.53. The van der Waals surface area contributed by atoms with E-state index in [1.165, 1.54) is 21.6 Å². The Hall–Kier alpha value is -3.49. The van der Waals surface area contributed by atoms with Gasteiger partial charge in [-0.05, 0) is 68.5 Å². The van der Waals surface area contributed by atoms with E-state index in [2.05, 4.69) is 58.4 Å². The van der Waals surface area contributed by atoms with Gasteiger partial charge in [-0.25, -0.2) is 4.99 Å². The number of benzene rings is 2. The Bertz CT molecular complexity index is 1500. The lowest BCUT2D eigenvalue weighted by Crippen LogP contribution is -2.49. The SMILES string of the molecule is Cc1cc2c(s1)Nc1ccccc1N=C2N1CCN(CCCN2C(=O)CC3(CCc4ccccc4C3)C2=O)CC1. The van der Waals surface area contributed by atoms with Crippen LogP contribution in [0.25, 0.3) is 0 Å². The van der Waals surface area contributed by atoms with E-state index in [0.29, 0.717) is 19.4 Å². The van der Waals surface area contributed by atoms with E-state index in [-0.39, 0.29) is 11.8 Å². The first-order valence-electron chi connectivity index (χ1n) is 14.4. The van der Waals surface area contributed by atoms with Gasteiger partial charge in [-0.15, -0.1) is 11.3 Å². The van der Waals surface area contributed by atoms with E-state index in [4.69, 9.17) is 4.99 Å². The summed E-state index contributed by atoms with van der Waals surface area (Å²) in [6, 6.07) is 18.8. The van der Waals surface area contributed by atoms with Crippen LogP contribution in [0.2, 0.25) is 0 Å². The van der Waals surface area contributed by atoms with E-state index in [1.807, 2.05) is 18.2 Å². The average Bonchev–Trinajstić information content (AvgIpc) is 3.38. The molecular weight excluding hydrogens is 518 g/mol. The summed E-state index contributed by atoms with van der Waals surface area (Å²) in [6.07, 6.45) is 3.54. The topological polar surface area (TPSA) is 68.2 Å². The monoisotopic (exact) mass is 553 g/mol. The first-order valence-corrected chi connectivity index (χ1v) is 15.3. The molecular formula is C32H35N5O2S. The molecule has 7 nitrogen and oxygen atoms in total. The maximum Gasteiger partial charge on any atom is 0.236 e. The van der Waals surface area contributed by atoms with Gasteiger partial charge >= 0.3 is 0 Å². The van der Waals surface area contributed by atoms with Crippen LogP contribution in [0, 0.1) is 12.3 Å². The molecule has 206 valence electrons. The number of carbonyl (C=O) groups is 2. The lowest BCUT2D eigenvalue weighted by Gasteiger charge is -2.36. The van der Waals surface area contributed by atoms with Gasteiger partial charge in [0.25, 0.3) is 0 Å². The minimum absolute atomic E-state index is 0.0105. The smallest absolute Gasteiger partial charge is 0.236 e. The molecule has 1 aliphatic carbocycles. The third-order valence-electron chi connectivity index (χ3n) is 9.01. The minimum Gasteiger partial charge on any atom is -0.353 e. The van der Waals surface area contributed by atoms with Crippen molar-refractivity contribution in [3.63, 3.8) is 0 Å². The fourth-order valence-corrected chi connectivity index (χ4v) is 7.76. The molecule has 3 aromatic rings. The van der Waals surface area contributed by atoms with Gasteiger partial charge in [-0.3, -0.25) is 19.4 Å². The van der Waals surface area contributed by atoms with Gasteiger partial charge in [0.1, 0.15) is 10.8 Å². The Labute approximate surface area is 239 Å². The maximum absolute atomic E-state index is 13.5. The molecule has 2 saturated heterocycles. The number of amidine groups is 1. The molecule has 1 aromatic heterocycles. The summed E-state index contributed by atoms with van der Waals surface area (Å²) < 4.78 is 0. The van der Waals surface area contributed by atoms with Gasteiger partial charge in [0.05, 0.1) is 22.4 Å². The van der Waals surface area contributed by atoms with E-state index >= 15 is 0 Å². The number of nitrogens with zero attached hydrogens (tertiary/aromatic N) is 4. The van der Waals surface area contributed by atoms with Crippen LogP contribution in [0.3, 0.4) is 0 Å². The van der Waals surface area contributed by atoms with Gasteiger partial charge < -0.3 is 10.2 Å². The summed E-state index contributed by atoms with van der Waals surface area (Å²) in [5.74, 6) is 1.11. The predicted octanol–water partition coefficient (Wildman–Crippen LogP) is 5.13. The molecule has 2 fully saturated rings. The van der Waals surface area contributed by atoms with Crippen molar-refractivity contribution in [3.8, 4) is 0 Å². The van der Waals surface area contributed by atoms with Gasteiger partial charge in [0.2, 0.25) is 11.8 Å². The first-order chi connectivity index (χ1) is 19.5. The average molecular weight is 554 g/mol. The zero-order valence-corrected chi connectivity index (χ0v) is 23.8. The van der Waals surface area contributed by atoms with Gasteiger partial charge in [0, 0.05) is 44.0 Å². The number of imide groups is 1. The second-order valence-electron chi connectivity index (χ2n) is 11.6. The summed E-state index contributed by atoms with van der Waals surface area (Å²) in [6.45, 7) is 7.24. The van der Waals surface area contributed by atoms with Crippen LogP contribution in [0.4, 0.5) is 16.4 Å². The highest BCUT2D eigenvalue weighted by molar-refractivity contribution is 7.16. The van der Waals surface area contributed by atoms with Crippen molar-refractivity contribution in [1.29, 1.82) is 0 Å². The molecule has 2 amide bonds. The zero-order valence-electron chi connectivity index (χ0n) is 23.0. The van der Waals surface area contributed by atoms with Crippen LogP contribution in [0.5, 0.6) is 0 Å². The standard InChI is InChI=1S/C32H35N5O2S/c1-22-19-25-29(33-26-9-4-5-10-27(26)34-30(25)40-22)36-17-15-35(16-18-36)13-6-14-37-28(38)21-32(31(37)39)12-11-23-7-2-3-8-24(23)20-32/h2-5,7-10,19,34H,6,11-18,20-21H2,1H3. The van der Waals surface area contributed by atoms with E-state index in [1.54, 1.807) is 16.2 Å². The molecule has 1 N–H and O–H groups in total. The second-order valence-corrected chi connectivity index (χ2v) is 12.9. The quantitative estimate of drug-likeness (QED) is 0.454. The normalized spacial score (nSPS) is 22.5. The lowest BCUT2D eigenvalue weighted by atomic mass is 9.70. The molecule has 0 radical (unpaired) electrons. The summed E-state index contributed by atoms with van der Waals surface area (Å²) in [5.41, 5.74) is 5.23. The number of piperazine rings is 1. The summed E-state index contributed by atoms with van der Waals surface area (Å²) >= 11 is 1.77. The van der Waals surface area contributed by atoms with Crippen molar-refractivity contribution in [2.45, 2.75) is 39.0 Å². The molecule has 0 bridgehead atoms. The Balaban J connectivity index is 0.963. The summed E-state index contributed by atoms with van der Waals surface area (Å²) in [5, 5.41) is 4.75. The largest absolute Gasteiger partial charge is 0.353 e. The number of nitrogens with one attached hydrogen (secondary N) is 1. The predicted molar refractivity (Wildman–Crippen MR) is 160 cm³/mol. The molecule has 0 saturated carbocycles. The maximum atomic E-state index is 13.5. The molecule has 2 aromatic carbocycles. The highest BCUT2D eigenvalue weighted by Crippen LogP contribution is 2.44. The Kier molecular flexibility index (Phi) is 6.47. The zero-order chi connectivity index (χ0) is 27.3. The highest BCUT2D eigenvalue weighted by atomic mass is 32.1. The van der Waals surface area contributed by atoms with Crippen LogP contribution < -0.4 is 5.32 Å². The third-order valence-corrected chi connectivity index (χ3v) is 9.98. The van der Waals surface area contributed by atoms with Crippen LogP contribution in [0.1, 0.15) is 40.8 Å². The van der Waals surface area contributed by atoms with E-state index in [9.17, 15) is 9.59 Å². The molecule has 40 heavy (non-hydrogen) atoms. The Morgan fingerprint density at radius 3 is 2.58 bits per heavy atom. The molecule has 1 unspecified atom stereocenters. The highest BCUT2D eigenvalue weighted by Gasteiger charge is 2.52. The molecule has 1 atom stereocenters. The Morgan fingerprint density at radius 2 is 1.73 bits per heavy atom. The minimum atomic E-state index is -0.525.